The van der Waals surface area contributed by atoms with Crippen molar-refractivity contribution >= 4 is 36.6 Å². The van der Waals surface area contributed by atoms with Crippen LogP contribution in [0.25, 0.3) is 16.7 Å². The molecule has 0 saturated heterocycles. The lowest BCUT2D eigenvalue weighted by molar-refractivity contribution is 0.0521. The summed E-state index contributed by atoms with van der Waals surface area (Å²) in [4.78, 5) is 16.3. The lowest BCUT2D eigenvalue weighted by Gasteiger charge is -2.07. The van der Waals surface area contributed by atoms with Crippen molar-refractivity contribution in [2.24, 2.45) is 0 Å². The minimum Gasteiger partial charge on any atom is -0.462 e. The third-order valence-corrected chi connectivity index (χ3v) is 4.55. The van der Waals surface area contributed by atoms with Gasteiger partial charge in [-0.3, -0.25) is 0 Å². The van der Waals surface area contributed by atoms with Crippen molar-refractivity contribution in [3.8, 4) is 5.82 Å². The van der Waals surface area contributed by atoms with Crippen LogP contribution in [0.1, 0.15) is 17.3 Å². The zero-order valence-corrected chi connectivity index (χ0v) is 14.1. The molecule has 0 bridgehead atoms. The second-order valence-electron chi connectivity index (χ2n) is 4.80. The van der Waals surface area contributed by atoms with Crippen LogP contribution in [0.2, 0.25) is 0 Å². The molecule has 3 aromatic rings. The molecule has 0 radical (unpaired) electrons. The van der Waals surface area contributed by atoms with E-state index < -0.39 is 20.0 Å². The average molecular weight is 366 g/mol. The Hall–Kier alpha value is -2.45. The maximum Gasteiger partial charge on any atom is 0.342 e. The number of benzene rings is 1. The predicted molar refractivity (Wildman–Crippen MR) is 87.9 cm³/mol. The van der Waals surface area contributed by atoms with Gasteiger partial charge in [0.15, 0.2) is 10.8 Å². The molecule has 0 aliphatic heterocycles. The number of nitrogens with zero attached hydrogens (tertiary/aromatic N) is 3. The zero-order chi connectivity index (χ0) is 17.3. The van der Waals surface area contributed by atoms with E-state index >= 15 is 0 Å². The van der Waals surface area contributed by atoms with Crippen molar-refractivity contribution in [3.05, 3.63) is 48.2 Å². The Morgan fingerprint density at radius 2 is 2.00 bits per heavy atom. The first kappa shape index (κ1) is 16.4. The molecule has 2 aromatic heterocycles. The number of carbonyl (C=O) groups excluding carboxylic acids is 1. The van der Waals surface area contributed by atoms with Crippen LogP contribution in [0.15, 0.2) is 47.6 Å². The Balaban J connectivity index is 2.21. The van der Waals surface area contributed by atoms with Crippen LogP contribution in [0.5, 0.6) is 0 Å². The van der Waals surface area contributed by atoms with E-state index in [2.05, 4.69) is 10.1 Å². The summed E-state index contributed by atoms with van der Waals surface area (Å²) in [6.45, 7) is 1.71. The number of hydrogen-bond donors (Lipinski definition) is 0. The molecule has 7 nitrogen and oxygen atoms in total. The fourth-order valence-corrected chi connectivity index (χ4v) is 3.45. The number of rotatable bonds is 4. The molecule has 3 rings (SSSR count). The van der Waals surface area contributed by atoms with E-state index in [1.54, 1.807) is 25.1 Å². The van der Waals surface area contributed by atoms with Crippen LogP contribution >= 0.6 is 10.7 Å². The summed E-state index contributed by atoms with van der Waals surface area (Å²) >= 11 is 0. The summed E-state index contributed by atoms with van der Waals surface area (Å²) in [5.74, 6) is -0.591. The van der Waals surface area contributed by atoms with Gasteiger partial charge in [0.1, 0.15) is 5.56 Å². The fraction of sp³-hybridized carbons (Fsp3) is 0.133. The summed E-state index contributed by atoms with van der Waals surface area (Å²) in [6.07, 6.45) is 1.10. The maximum atomic E-state index is 12.0. The lowest BCUT2D eigenvalue weighted by atomic mass is 10.2. The van der Waals surface area contributed by atoms with E-state index in [-0.39, 0.29) is 18.0 Å². The van der Waals surface area contributed by atoms with Crippen molar-refractivity contribution in [1.29, 1.82) is 0 Å². The van der Waals surface area contributed by atoms with Gasteiger partial charge in [0.05, 0.1) is 18.3 Å². The summed E-state index contributed by atoms with van der Waals surface area (Å²) < 4.78 is 29.8. The molecule has 0 spiro atoms. The van der Waals surface area contributed by atoms with Gasteiger partial charge in [-0.25, -0.2) is 22.9 Å². The Kier molecular flexibility index (Phi) is 4.25. The smallest absolute Gasteiger partial charge is 0.342 e. The standard InChI is InChI=1S/C15H12ClN3O4S/c1-2-23-15(20)11-9-17-19(14(11)24(16,21)22)13-8-7-10-5-3-4-6-12(10)18-13/h3-9H,2H2,1H3. The number of pyridine rings is 1. The summed E-state index contributed by atoms with van der Waals surface area (Å²) in [7, 11) is 1.24. The third-order valence-electron chi connectivity index (χ3n) is 3.25. The number of fused-ring (bicyclic) bond motifs is 1. The van der Waals surface area contributed by atoms with Crippen molar-refractivity contribution in [2.75, 3.05) is 6.61 Å². The van der Waals surface area contributed by atoms with Crippen LogP contribution in [0.4, 0.5) is 0 Å². The number of hydrogen-bond acceptors (Lipinski definition) is 6. The molecule has 2 heterocycles. The molecule has 9 heteroatoms. The Morgan fingerprint density at radius 1 is 1.25 bits per heavy atom. The van der Waals surface area contributed by atoms with Gasteiger partial charge < -0.3 is 4.74 Å². The SMILES string of the molecule is CCOC(=O)c1cnn(-c2ccc3ccccc3n2)c1S(=O)(=O)Cl. The molecule has 124 valence electrons. The minimum absolute atomic E-state index is 0.0972. The molecule has 0 atom stereocenters. The van der Waals surface area contributed by atoms with E-state index in [1.165, 1.54) is 0 Å². The van der Waals surface area contributed by atoms with E-state index in [4.69, 9.17) is 15.4 Å². The maximum absolute atomic E-state index is 12.0. The van der Waals surface area contributed by atoms with Gasteiger partial charge in [-0.1, -0.05) is 18.2 Å². The van der Waals surface area contributed by atoms with Gasteiger partial charge in [-0.05, 0) is 25.1 Å². The first-order valence-electron chi connectivity index (χ1n) is 6.98. The largest absolute Gasteiger partial charge is 0.462 e. The van der Waals surface area contributed by atoms with Crippen LogP contribution in [-0.2, 0) is 13.8 Å². The zero-order valence-electron chi connectivity index (χ0n) is 12.5. The summed E-state index contributed by atoms with van der Waals surface area (Å²) in [5, 5.41) is 4.37. The molecule has 0 amide bonds. The molecule has 0 fully saturated rings. The van der Waals surface area contributed by atoms with E-state index in [0.29, 0.717) is 5.52 Å². The molecule has 0 aliphatic carbocycles. The molecular formula is C15H12ClN3O4S. The Labute approximate surface area is 142 Å². The van der Waals surface area contributed by atoms with Crippen molar-refractivity contribution < 1.29 is 17.9 Å². The second kappa shape index (κ2) is 6.21. The molecule has 0 saturated carbocycles. The number of carbonyl (C=O) groups is 1. The first-order chi connectivity index (χ1) is 11.4. The topological polar surface area (TPSA) is 91.2 Å². The lowest BCUT2D eigenvalue weighted by Crippen LogP contribution is -2.12. The third kappa shape index (κ3) is 2.98. The first-order valence-corrected chi connectivity index (χ1v) is 9.28. The monoisotopic (exact) mass is 365 g/mol. The number of aromatic nitrogens is 3. The van der Waals surface area contributed by atoms with Crippen LogP contribution < -0.4 is 0 Å². The van der Waals surface area contributed by atoms with Crippen LogP contribution in [-0.4, -0.2) is 35.8 Å². The predicted octanol–water partition coefficient (Wildman–Crippen LogP) is 2.52. The molecule has 24 heavy (non-hydrogen) atoms. The molecular weight excluding hydrogens is 354 g/mol. The van der Waals surface area contributed by atoms with Gasteiger partial charge >= 0.3 is 5.97 Å². The van der Waals surface area contributed by atoms with Crippen LogP contribution in [0, 0.1) is 0 Å². The molecule has 1 aromatic carbocycles. The Morgan fingerprint density at radius 3 is 2.71 bits per heavy atom. The van der Waals surface area contributed by atoms with Gasteiger partial charge in [0, 0.05) is 16.1 Å². The highest BCUT2D eigenvalue weighted by Gasteiger charge is 2.29. The summed E-state index contributed by atoms with van der Waals surface area (Å²) in [5.41, 5.74) is 0.419. The summed E-state index contributed by atoms with van der Waals surface area (Å²) in [6, 6.07) is 10.7. The van der Waals surface area contributed by atoms with E-state index in [9.17, 15) is 13.2 Å². The highest BCUT2D eigenvalue weighted by Crippen LogP contribution is 2.24. The highest BCUT2D eigenvalue weighted by atomic mass is 35.7. The second-order valence-corrected chi connectivity index (χ2v) is 7.28. The number of halogens is 1. The van der Waals surface area contributed by atoms with Gasteiger partial charge in [0.2, 0.25) is 0 Å². The number of ether oxygens (including phenoxy) is 1. The van der Waals surface area contributed by atoms with Gasteiger partial charge in [-0.15, -0.1) is 0 Å². The van der Waals surface area contributed by atoms with E-state index in [0.717, 1.165) is 16.3 Å². The van der Waals surface area contributed by atoms with Crippen molar-refractivity contribution in [1.82, 2.24) is 14.8 Å². The van der Waals surface area contributed by atoms with Crippen molar-refractivity contribution in [2.45, 2.75) is 11.9 Å². The molecule has 0 N–H and O–H groups in total. The number of esters is 1. The average Bonchev–Trinajstić information content (AvgIpc) is 3.00. The van der Waals surface area contributed by atoms with E-state index in [1.807, 2.05) is 18.2 Å². The fourth-order valence-electron chi connectivity index (χ4n) is 2.26. The van der Waals surface area contributed by atoms with Gasteiger partial charge in [-0.2, -0.15) is 5.10 Å². The Bertz CT molecular complexity index is 1030. The van der Waals surface area contributed by atoms with Gasteiger partial charge in [0.25, 0.3) is 9.05 Å². The number of para-hydroxylation sites is 1. The minimum atomic E-state index is -4.25. The molecule has 0 unspecified atom stereocenters. The van der Waals surface area contributed by atoms with Crippen LogP contribution in [0.3, 0.4) is 0 Å². The normalized spacial score (nSPS) is 11.6. The molecule has 0 aliphatic rings. The highest BCUT2D eigenvalue weighted by molar-refractivity contribution is 8.13. The quantitative estimate of drug-likeness (QED) is 0.521. The van der Waals surface area contributed by atoms with Crippen molar-refractivity contribution in [3.63, 3.8) is 0 Å².